The van der Waals surface area contributed by atoms with Gasteiger partial charge in [0, 0.05) is 30.8 Å². The number of rotatable bonds is 7. The number of anilines is 1. The molecule has 1 aliphatic rings. The van der Waals surface area contributed by atoms with Gasteiger partial charge in [-0.1, -0.05) is 11.8 Å². The Morgan fingerprint density at radius 3 is 2.44 bits per heavy atom. The molecule has 1 unspecified atom stereocenters. The molecule has 0 bridgehead atoms. The van der Waals surface area contributed by atoms with Crippen LogP contribution in [0, 0.1) is 0 Å². The Hall–Kier alpha value is -3.18. The number of alkyl halides is 3. The van der Waals surface area contributed by atoms with Gasteiger partial charge in [0.15, 0.2) is 5.17 Å². The number of carbonyl (C=O) groups is 3. The topological polar surface area (TPSA) is 97.3 Å². The van der Waals surface area contributed by atoms with Gasteiger partial charge in [-0.3, -0.25) is 14.5 Å². The van der Waals surface area contributed by atoms with Crippen LogP contribution in [0.4, 0.5) is 20.2 Å². The first-order chi connectivity index (χ1) is 16.1. The van der Waals surface area contributed by atoms with E-state index in [1.165, 1.54) is 29.2 Å². The van der Waals surface area contributed by atoms with Crippen LogP contribution >= 0.6 is 23.4 Å². The zero-order chi connectivity index (χ0) is 24.9. The van der Waals surface area contributed by atoms with Gasteiger partial charge in [-0.05, 0) is 55.5 Å². The fraction of sp³-hybridized carbons (Fsp3) is 0.273. The molecule has 0 aromatic heterocycles. The number of ether oxygens (including phenoxy) is 2. The molecule has 2 aromatic carbocycles. The summed E-state index contributed by atoms with van der Waals surface area (Å²) in [7, 11) is 1.56. The minimum Gasteiger partial charge on any atom is -0.462 e. The highest BCUT2D eigenvalue weighted by Gasteiger charge is 2.34. The normalized spacial score (nSPS) is 17.4. The fourth-order valence-electron chi connectivity index (χ4n) is 2.86. The predicted molar refractivity (Wildman–Crippen MR) is 125 cm³/mol. The first-order valence-electron chi connectivity index (χ1n) is 10.0. The quantitative estimate of drug-likeness (QED) is 0.430. The minimum atomic E-state index is -3.84. The van der Waals surface area contributed by atoms with Crippen molar-refractivity contribution in [2.45, 2.75) is 24.2 Å². The van der Waals surface area contributed by atoms with Crippen LogP contribution in [0.1, 0.15) is 23.7 Å². The van der Waals surface area contributed by atoms with E-state index in [1.807, 2.05) is 0 Å². The Morgan fingerprint density at radius 2 is 1.85 bits per heavy atom. The number of amides is 2. The molecule has 8 nitrogen and oxygen atoms in total. The van der Waals surface area contributed by atoms with Gasteiger partial charge in [-0.25, -0.2) is 9.79 Å². The molecule has 12 heteroatoms. The Kier molecular flexibility index (Phi) is 8.11. The molecule has 1 saturated heterocycles. The third-order valence-electron chi connectivity index (χ3n) is 4.52. The van der Waals surface area contributed by atoms with E-state index < -0.39 is 22.7 Å². The Balaban J connectivity index is 1.69. The van der Waals surface area contributed by atoms with Crippen molar-refractivity contribution in [1.29, 1.82) is 0 Å². The van der Waals surface area contributed by atoms with Gasteiger partial charge < -0.3 is 14.8 Å². The maximum atomic E-state index is 12.7. The van der Waals surface area contributed by atoms with Gasteiger partial charge in [-0.15, -0.1) is 8.78 Å². The molecular formula is C22H20ClF2N3O5S. The second kappa shape index (κ2) is 10.8. The average Bonchev–Trinajstić information content (AvgIpc) is 2.77. The average molecular weight is 512 g/mol. The number of benzene rings is 2. The van der Waals surface area contributed by atoms with Crippen molar-refractivity contribution in [2.24, 2.45) is 4.99 Å². The smallest absolute Gasteiger partial charge is 0.462 e. The third kappa shape index (κ3) is 6.91. The molecule has 1 fully saturated rings. The molecule has 3 rings (SSSR count). The first kappa shape index (κ1) is 25.4. The van der Waals surface area contributed by atoms with Crippen molar-refractivity contribution in [1.82, 2.24) is 4.90 Å². The van der Waals surface area contributed by atoms with Gasteiger partial charge >= 0.3 is 11.5 Å². The number of esters is 1. The van der Waals surface area contributed by atoms with Gasteiger partial charge in [0.1, 0.15) is 11.0 Å². The van der Waals surface area contributed by atoms with Gasteiger partial charge in [-0.2, -0.15) is 0 Å². The SMILES string of the molecule is CCOC(=O)c1ccc(N=C2SC(C(=O)Nc3ccc(OC(F)(F)Cl)cc3)CC(=O)N2C)cc1. The van der Waals surface area contributed by atoms with Crippen molar-refractivity contribution < 1.29 is 32.6 Å². The number of hydrogen-bond donors (Lipinski definition) is 1. The van der Waals surface area contributed by atoms with Crippen LogP contribution < -0.4 is 10.1 Å². The van der Waals surface area contributed by atoms with E-state index >= 15 is 0 Å². The largest absolute Gasteiger partial charge is 0.487 e. The van der Waals surface area contributed by atoms with Crippen LogP contribution in [0.2, 0.25) is 0 Å². The molecular weight excluding hydrogens is 492 g/mol. The van der Waals surface area contributed by atoms with E-state index in [2.05, 4.69) is 15.0 Å². The Morgan fingerprint density at radius 1 is 1.21 bits per heavy atom. The van der Waals surface area contributed by atoms with E-state index in [4.69, 9.17) is 16.3 Å². The zero-order valence-corrected chi connectivity index (χ0v) is 19.7. The lowest BCUT2D eigenvalue weighted by molar-refractivity contribution is -0.128. The molecule has 2 amide bonds. The molecule has 180 valence electrons. The number of halogens is 3. The summed E-state index contributed by atoms with van der Waals surface area (Å²) in [5, 5.41) is 2.19. The zero-order valence-electron chi connectivity index (χ0n) is 18.1. The summed E-state index contributed by atoms with van der Waals surface area (Å²) in [4.78, 5) is 42.7. The number of nitrogens with one attached hydrogen (secondary N) is 1. The molecule has 2 aromatic rings. The highest BCUT2D eigenvalue weighted by Crippen LogP contribution is 2.30. The molecule has 34 heavy (non-hydrogen) atoms. The third-order valence-corrected chi connectivity index (χ3v) is 5.84. The molecule has 1 heterocycles. The van der Waals surface area contributed by atoms with E-state index in [-0.39, 0.29) is 24.7 Å². The molecule has 1 atom stereocenters. The number of aliphatic imine (C=N–C) groups is 1. The number of carbonyl (C=O) groups excluding carboxylic acids is 3. The summed E-state index contributed by atoms with van der Waals surface area (Å²) in [6, 6.07) is 11.5. The van der Waals surface area contributed by atoms with Crippen molar-refractivity contribution in [3.05, 3.63) is 54.1 Å². The van der Waals surface area contributed by atoms with Crippen molar-refractivity contribution in [3.63, 3.8) is 0 Å². The van der Waals surface area contributed by atoms with Crippen molar-refractivity contribution in [2.75, 3.05) is 19.0 Å². The number of hydrogen-bond acceptors (Lipinski definition) is 7. The van der Waals surface area contributed by atoms with E-state index in [9.17, 15) is 23.2 Å². The van der Waals surface area contributed by atoms with Crippen LogP contribution in [0.15, 0.2) is 53.5 Å². The predicted octanol–water partition coefficient (Wildman–Crippen LogP) is 4.62. The van der Waals surface area contributed by atoms with Crippen LogP contribution in [-0.4, -0.2) is 52.3 Å². The van der Waals surface area contributed by atoms with E-state index in [0.29, 0.717) is 22.1 Å². The van der Waals surface area contributed by atoms with E-state index in [1.54, 1.807) is 38.2 Å². The number of thioether (sulfide) groups is 1. The second-order valence-electron chi connectivity index (χ2n) is 6.99. The minimum absolute atomic E-state index is 0.0481. The summed E-state index contributed by atoms with van der Waals surface area (Å²) in [6.07, 6.45) is -0.0481. The number of nitrogens with zero attached hydrogens (tertiary/aromatic N) is 2. The molecule has 0 aliphatic carbocycles. The summed E-state index contributed by atoms with van der Waals surface area (Å²) < 4.78 is 34.6. The second-order valence-corrected chi connectivity index (χ2v) is 8.60. The van der Waals surface area contributed by atoms with Crippen molar-refractivity contribution >= 4 is 57.7 Å². The lowest BCUT2D eigenvalue weighted by Gasteiger charge is -2.28. The highest BCUT2D eigenvalue weighted by molar-refractivity contribution is 8.15. The maximum Gasteiger partial charge on any atom is 0.487 e. The lowest BCUT2D eigenvalue weighted by atomic mass is 10.2. The van der Waals surface area contributed by atoms with Crippen LogP contribution in [0.25, 0.3) is 0 Å². The summed E-state index contributed by atoms with van der Waals surface area (Å²) in [5.74, 6) is -1.37. The summed E-state index contributed by atoms with van der Waals surface area (Å²) in [5.41, 5.74) is -2.65. The van der Waals surface area contributed by atoms with Crippen LogP contribution in [-0.2, 0) is 14.3 Å². The van der Waals surface area contributed by atoms with E-state index in [0.717, 1.165) is 11.8 Å². The van der Waals surface area contributed by atoms with Gasteiger partial charge in [0.2, 0.25) is 11.8 Å². The summed E-state index contributed by atoms with van der Waals surface area (Å²) in [6.45, 7) is 1.97. The monoisotopic (exact) mass is 511 g/mol. The maximum absolute atomic E-state index is 12.7. The molecule has 0 radical (unpaired) electrons. The molecule has 0 saturated carbocycles. The van der Waals surface area contributed by atoms with Crippen molar-refractivity contribution in [3.8, 4) is 5.75 Å². The summed E-state index contributed by atoms with van der Waals surface area (Å²) >= 11 is 5.83. The van der Waals surface area contributed by atoms with Crippen LogP contribution in [0.3, 0.4) is 0 Å². The first-order valence-corrected chi connectivity index (χ1v) is 11.3. The Bertz CT molecular complexity index is 1090. The Labute approximate surface area is 203 Å². The lowest BCUT2D eigenvalue weighted by Crippen LogP contribution is -2.43. The molecule has 1 aliphatic heterocycles. The van der Waals surface area contributed by atoms with Gasteiger partial charge in [0.25, 0.3) is 0 Å². The molecule has 0 spiro atoms. The highest BCUT2D eigenvalue weighted by atomic mass is 35.5. The van der Waals surface area contributed by atoms with Crippen LogP contribution in [0.5, 0.6) is 5.75 Å². The fourth-order valence-corrected chi connectivity index (χ4v) is 4.01. The molecule has 1 N–H and O–H groups in total. The number of amidine groups is 1. The standard InChI is InChI=1S/C22H20ClF2N3O5S/c1-3-32-20(31)13-4-6-15(7-5-13)27-21-28(2)18(29)12-17(34-21)19(30)26-14-8-10-16(11-9-14)33-22(23,24)25/h4-11,17H,3,12H2,1-2H3,(H,26,30). The van der Waals surface area contributed by atoms with Gasteiger partial charge in [0.05, 0.1) is 17.9 Å².